The van der Waals surface area contributed by atoms with Crippen molar-refractivity contribution in [3.8, 4) is 0 Å². The second-order valence-electron chi connectivity index (χ2n) is 6.65. The molecule has 0 aromatic heterocycles. The summed E-state index contributed by atoms with van der Waals surface area (Å²) in [6.07, 6.45) is 0. The second kappa shape index (κ2) is 7.34. The molecule has 0 aliphatic carbocycles. The third-order valence-electron chi connectivity index (χ3n) is 4.07. The first-order valence-electron chi connectivity index (χ1n) is 8.39. The van der Waals surface area contributed by atoms with E-state index in [1.807, 2.05) is 18.2 Å². The normalized spacial score (nSPS) is 11.5. The number of rotatable bonds is 4. The van der Waals surface area contributed by atoms with Crippen molar-refractivity contribution in [3.05, 3.63) is 89.0 Å². The topological polar surface area (TPSA) is 17.1 Å². The first kappa shape index (κ1) is 18.2. The first-order chi connectivity index (χ1) is 11.9. The van der Waals surface area contributed by atoms with Gasteiger partial charge in [0.05, 0.1) is 0 Å². The summed E-state index contributed by atoms with van der Waals surface area (Å²) in [6.45, 7) is 8.32. The van der Waals surface area contributed by atoms with E-state index in [1.165, 1.54) is 26.7 Å². The van der Waals surface area contributed by atoms with Gasteiger partial charge in [0.1, 0.15) is 0 Å². The Hall–Kier alpha value is -1.59. The van der Waals surface area contributed by atoms with Crippen LogP contribution in [0, 0.1) is 27.7 Å². The summed E-state index contributed by atoms with van der Waals surface area (Å²) in [7, 11) is 0. The molecule has 128 valence electrons. The summed E-state index contributed by atoms with van der Waals surface area (Å²) >= 11 is -0.144. The summed E-state index contributed by atoms with van der Waals surface area (Å²) < 4.78 is 15.6. The summed E-state index contributed by atoms with van der Waals surface area (Å²) in [5.41, 5.74) is 4.68. The van der Waals surface area contributed by atoms with E-state index in [1.54, 1.807) is 0 Å². The predicted octanol–water partition coefficient (Wildman–Crippen LogP) is 4.18. The maximum atomic E-state index is 14.4. The Labute approximate surface area is 156 Å². The maximum absolute atomic E-state index is 14.4. The van der Waals surface area contributed by atoms with Crippen LogP contribution < -0.4 is 15.1 Å². The molecule has 0 fully saturated rings. The van der Waals surface area contributed by atoms with Crippen LogP contribution in [0.25, 0.3) is 0 Å². The molecule has 0 radical (unpaired) electrons. The molecule has 0 saturated heterocycles. The predicted molar refractivity (Wildman–Crippen MR) is 111 cm³/mol. The number of hydrogen-bond donors (Lipinski definition) is 0. The van der Waals surface area contributed by atoms with Crippen molar-refractivity contribution in [3.63, 3.8) is 0 Å². The quantitative estimate of drug-likeness (QED) is 0.463. The van der Waals surface area contributed by atoms with Crippen LogP contribution >= 0.6 is 5.83 Å². The van der Waals surface area contributed by atoms with Crippen LogP contribution in [0.3, 0.4) is 0 Å². The van der Waals surface area contributed by atoms with Crippen LogP contribution in [0.1, 0.15) is 22.3 Å². The molecule has 0 unspecified atom stereocenters. The fraction of sp³-hybridized carbons (Fsp3) is 0.182. The van der Waals surface area contributed by atoms with Crippen molar-refractivity contribution in [1.29, 1.82) is 0 Å². The van der Waals surface area contributed by atoms with Crippen LogP contribution in [0.15, 0.2) is 66.7 Å². The van der Waals surface area contributed by atoms with Crippen LogP contribution in [-0.2, 0) is 4.57 Å². The summed E-state index contributed by atoms with van der Waals surface area (Å²) in [5, 5.41) is 1.97. The van der Waals surface area contributed by atoms with Crippen LogP contribution in [0.2, 0.25) is 0 Å². The molecule has 0 atom stereocenters. The first-order valence-corrected chi connectivity index (χ1v) is 13.2. The summed E-state index contributed by atoms with van der Waals surface area (Å²) in [5.74, 6) is -2.69. The third kappa shape index (κ3) is 4.15. The van der Waals surface area contributed by atoms with E-state index < -0.39 is 5.83 Å². The molecule has 3 rings (SSSR count). The average molecular weight is 413 g/mol. The van der Waals surface area contributed by atoms with E-state index in [2.05, 4.69) is 76.2 Å². The Balaban J connectivity index is 2.21. The minimum absolute atomic E-state index is 0.144. The molecule has 1 nitrogen and oxygen atoms in total. The van der Waals surface area contributed by atoms with E-state index in [-0.39, 0.29) is 14.5 Å². The van der Waals surface area contributed by atoms with Crippen molar-refractivity contribution >= 4 is 35.4 Å². The van der Waals surface area contributed by atoms with Crippen molar-refractivity contribution in [1.82, 2.24) is 0 Å². The molecule has 0 heterocycles. The third-order valence-corrected chi connectivity index (χ3v) is 12.6. The van der Waals surface area contributed by atoms with Gasteiger partial charge in [-0.3, -0.25) is 0 Å². The Kier molecular flexibility index (Phi) is 5.35. The fourth-order valence-corrected chi connectivity index (χ4v) is 11.2. The van der Waals surface area contributed by atoms with Crippen molar-refractivity contribution < 1.29 is 4.57 Å². The van der Waals surface area contributed by atoms with Crippen LogP contribution in [0.5, 0.6) is 0 Å². The van der Waals surface area contributed by atoms with E-state index in [0.29, 0.717) is 0 Å². The van der Waals surface area contributed by atoms with Gasteiger partial charge < -0.3 is 0 Å². The Morgan fingerprint density at radius 2 is 1.04 bits per heavy atom. The zero-order chi connectivity index (χ0) is 18.0. The SMILES string of the molecule is Cc1cc(C)cc(P(=O)([Se]c2ccccc2)c2cc(C)cc(C)c2)c1. The van der Waals surface area contributed by atoms with Gasteiger partial charge in [0.15, 0.2) is 0 Å². The molecule has 3 heteroatoms. The molecule has 3 aromatic rings. The molecule has 0 saturated carbocycles. The van der Waals surface area contributed by atoms with Gasteiger partial charge in [-0.15, -0.1) is 0 Å². The molecular weight excluding hydrogens is 390 g/mol. The van der Waals surface area contributed by atoms with E-state index in [9.17, 15) is 4.57 Å². The van der Waals surface area contributed by atoms with Crippen molar-refractivity contribution in [2.45, 2.75) is 27.7 Å². The van der Waals surface area contributed by atoms with Gasteiger partial charge in [0.2, 0.25) is 0 Å². The number of aryl methyl sites for hydroxylation is 4. The van der Waals surface area contributed by atoms with Crippen LogP contribution in [0.4, 0.5) is 0 Å². The van der Waals surface area contributed by atoms with Crippen LogP contribution in [-0.4, -0.2) is 14.5 Å². The van der Waals surface area contributed by atoms with Gasteiger partial charge >= 0.3 is 157 Å². The second-order valence-corrected chi connectivity index (χ2v) is 14.3. The van der Waals surface area contributed by atoms with Gasteiger partial charge in [-0.05, 0) is 0 Å². The van der Waals surface area contributed by atoms with E-state index in [4.69, 9.17) is 0 Å². The molecule has 0 aliphatic heterocycles. The van der Waals surface area contributed by atoms with Gasteiger partial charge in [-0.1, -0.05) is 0 Å². The minimum atomic E-state index is -2.69. The zero-order valence-corrected chi connectivity index (χ0v) is 17.7. The van der Waals surface area contributed by atoms with E-state index >= 15 is 0 Å². The van der Waals surface area contributed by atoms with Gasteiger partial charge in [0, 0.05) is 0 Å². The Morgan fingerprint density at radius 3 is 1.44 bits per heavy atom. The molecule has 0 amide bonds. The molecular formula is C22H23OPSe. The van der Waals surface area contributed by atoms with Gasteiger partial charge in [-0.25, -0.2) is 0 Å². The average Bonchev–Trinajstić information content (AvgIpc) is 2.54. The monoisotopic (exact) mass is 414 g/mol. The molecule has 0 spiro atoms. The molecule has 25 heavy (non-hydrogen) atoms. The van der Waals surface area contributed by atoms with Crippen molar-refractivity contribution in [2.75, 3.05) is 0 Å². The zero-order valence-electron chi connectivity index (χ0n) is 15.1. The molecule has 0 aliphatic rings. The number of benzene rings is 3. The molecule has 0 bridgehead atoms. The van der Waals surface area contributed by atoms with Crippen molar-refractivity contribution in [2.24, 2.45) is 0 Å². The number of hydrogen-bond acceptors (Lipinski definition) is 1. The molecule has 0 N–H and O–H groups in total. The Bertz CT molecular complexity index is 851. The standard InChI is InChI=1S/C22H23OPSe/c1-16-10-17(2)13-20(12-16)24(23,25-22-8-6-5-7-9-22)21-14-18(3)11-19(4)15-21/h5-15H,1-4H3. The summed E-state index contributed by atoms with van der Waals surface area (Å²) in [4.78, 5) is 0. The van der Waals surface area contributed by atoms with Gasteiger partial charge in [0.25, 0.3) is 0 Å². The fourth-order valence-electron chi connectivity index (χ4n) is 3.13. The van der Waals surface area contributed by atoms with Gasteiger partial charge in [-0.2, -0.15) is 0 Å². The Morgan fingerprint density at radius 1 is 0.640 bits per heavy atom. The van der Waals surface area contributed by atoms with E-state index in [0.717, 1.165) is 10.6 Å². The molecule has 3 aromatic carbocycles. The summed E-state index contributed by atoms with van der Waals surface area (Å²) in [6, 6.07) is 23.0.